The maximum absolute atomic E-state index is 4.47. The van der Waals surface area contributed by atoms with E-state index in [9.17, 15) is 0 Å². The second-order valence-corrected chi connectivity index (χ2v) is 5.92. The van der Waals surface area contributed by atoms with Gasteiger partial charge in [0.2, 0.25) is 0 Å². The molecule has 3 aromatic heterocycles. The molecule has 96 valence electrons. The number of hydrogen-bond donors (Lipinski definition) is 1. The molecule has 0 saturated carbocycles. The first-order chi connectivity index (χ1) is 9.40. The van der Waals surface area contributed by atoms with Crippen LogP contribution in [0.5, 0.6) is 0 Å². The van der Waals surface area contributed by atoms with E-state index in [-0.39, 0.29) is 0 Å². The molecule has 19 heavy (non-hydrogen) atoms. The highest BCUT2D eigenvalue weighted by molar-refractivity contribution is 7.98. The number of rotatable bonds is 5. The molecular weight excluding hydrogens is 276 g/mol. The number of H-pyrrole nitrogens is 1. The van der Waals surface area contributed by atoms with Crippen LogP contribution in [0.4, 0.5) is 0 Å². The lowest BCUT2D eigenvalue weighted by Gasteiger charge is -1.94. The van der Waals surface area contributed by atoms with Crippen molar-refractivity contribution in [3.8, 4) is 0 Å². The summed E-state index contributed by atoms with van der Waals surface area (Å²) in [6, 6.07) is 10.1. The average molecular weight is 288 g/mol. The highest BCUT2D eigenvalue weighted by Gasteiger charge is 2.06. The summed E-state index contributed by atoms with van der Waals surface area (Å²) in [4.78, 5) is 10.1. The Labute approximate surface area is 119 Å². The van der Waals surface area contributed by atoms with Crippen molar-refractivity contribution in [2.24, 2.45) is 0 Å². The van der Waals surface area contributed by atoms with Crippen LogP contribution in [0.15, 0.2) is 47.1 Å². The van der Waals surface area contributed by atoms with Gasteiger partial charge in [-0.1, -0.05) is 23.9 Å². The van der Waals surface area contributed by atoms with Crippen molar-refractivity contribution in [1.82, 2.24) is 20.2 Å². The molecule has 0 saturated heterocycles. The Bertz CT molecular complexity index is 619. The Morgan fingerprint density at radius 3 is 3.00 bits per heavy atom. The van der Waals surface area contributed by atoms with E-state index < -0.39 is 0 Å². The SMILES string of the molecule is c1ccc(Cc2n[nH]c(SCc3cccs3)n2)nc1. The molecule has 0 aromatic carbocycles. The Morgan fingerprint density at radius 1 is 1.21 bits per heavy atom. The lowest BCUT2D eigenvalue weighted by molar-refractivity contribution is 0.938. The number of thioether (sulfide) groups is 1. The number of thiophene rings is 1. The van der Waals surface area contributed by atoms with E-state index in [1.165, 1.54) is 4.88 Å². The zero-order chi connectivity index (χ0) is 12.9. The standard InChI is InChI=1S/C13H12N4S2/c1-2-6-14-10(4-1)8-12-15-13(17-16-12)19-9-11-5-3-7-18-11/h1-7H,8-9H2,(H,15,16,17). The summed E-state index contributed by atoms with van der Waals surface area (Å²) in [5, 5.41) is 10.1. The Hall–Kier alpha value is -1.66. The molecule has 0 unspecified atom stereocenters. The molecule has 0 bridgehead atoms. The van der Waals surface area contributed by atoms with Gasteiger partial charge in [-0.3, -0.25) is 10.1 Å². The third-order valence-corrected chi connectivity index (χ3v) is 4.48. The minimum absolute atomic E-state index is 0.664. The van der Waals surface area contributed by atoms with E-state index in [0.717, 1.165) is 22.4 Å². The molecule has 3 rings (SSSR count). The second kappa shape index (κ2) is 5.99. The van der Waals surface area contributed by atoms with Gasteiger partial charge in [-0.2, -0.15) is 5.10 Å². The average Bonchev–Trinajstić information content (AvgIpc) is 3.09. The Balaban J connectivity index is 1.60. The number of hydrogen-bond acceptors (Lipinski definition) is 5. The highest BCUT2D eigenvalue weighted by Crippen LogP contribution is 2.22. The molecular formula is C13H12N4S2. The van der Waals surface area contributed by atoms with Crippen molar-refractivity contribution in [2.75, 3.05) is 0 Å². The second-order valence-electron chi connectivity index (χ2n) is 3.92. The largest absolute Gasteiger partial charge is 0.261 e. The van der Waals surface area contributed by atoms with Gasteiger partial charge in [0.1, 0.15) is 0 Å². The third-order valence-electron chi connectivity index (χ3n) is 2.51. The summed E-state index contributed by atoms with van der Waals surface area (Å²) in [5.41, 5.74) is 0.983. The van der Waals surface area contributed by atoms with E-state index in [4.69, 9.17) is 0 Å². The van der Waals surface area contributed by atoms with E-state index in [0.29, 0.717) is 6.42 Å². The van der Waals surface area contributed by atoms with Crippen molar-refractivity contribution in [1.29, 1.82) is 0 Å². The lowest BCUT2D eigenvalue weighted by Crippen LogP contribution is -1.93. The zero-order valence-electron chi connectivity index (χ0n) is 10.1. The number of nitrogens with one attached hydrogen (secondary N) is 1. The Kier molecular flexibility index (Phi) is 3.90. The summed E-state index contributed by atoms with van der Waals surface area (Å²) >= 11 is 3.43. The van der Waals surface area contributed by atoms with E-state index in [1.807, 2.05) is 18.2 Å². The van der Waals surface area contributed by atoms with Gasteiger partial charge in [-0.25, -0.2) is 4.98 Å². The molecule has 0 radical (unpaired) electrons. The zero-order valence-corrected chi connectivity index (χ0v) is 11.7. The van der Waals surface area contributed by atoms with Crippen molar-refractivity contribution in [3.05, 3.63) is 58.3 Å². The first kappa shape index (κ1) is 12.4. The van der Waals surface area contributed by atoms with Gasteiger partial charge in [0.25, 0.3) is 0 Å². The van der Waals surface area contributed by atoms with Crippen molar-refractivity contribution in [3.63, 3.8) is 0 Å². The quantitative estimate of drug-likeness (QED) is 0.733. The fourth-order valence-electron chi connectivity index (χ4n) is 1.62. The molecule has 0 aliphatic heterocycles. The molecule has 0 atom stereocenters. The monoisotopic (exact) mass is 288 g/mol. The van der Waals surface area contributed by atoms with E-state index >= 15 is 0 Å². The van der Waals surface area contributed by atoms with Crippen LogP contribution < -0.4 is 0 Å². The predicted molar refractivity (Wildman–Crippen MR) is 77.3 cm³/mol. The van der Waals surface area contributed by atoms with Crippen LogP contribution in [0.1, 0.15) is 16.4 Å². The van der Waals surface area contributed by atoms with Gasteiger partial charge in [-0.15, -0.1) is 11.3 Å². The van der Waals surface area contributed by atoms with Crippen LogP contribution in [0.2, 0.25) is 0 Å². The molecule has 6 heteroatoms. The first-order valence-electron chi connectivity index (χ1n) is 5.86. The topological polar surface area (TPSA) is 54.5 Å². The van der Waals surface area contributed by atoms with Crippen LogP contribution in [0.3, 0.4) is 0 Å². The molecule has 0 amide bonds. The summed E-state index contributed by atoms with van der Waals surface area (Å²) < 4.78 is 0. The van der Waals surface area contributed by atoms with Crippen LogP contribution in [0.25, 0.3) is 0 Å². The van der Waals surface area contributed by atoms with Gasteiger partial charge < -0.3 is 0 Å². The number of aromatic nitrogens is 4. The van der Waals surface area contributed by atoms with E-state index in [2.05, 4.69) is 37.7 Å². The van der Waals surface area contributed by atoms with Gasteiger partial charge in [0.15, 0.2) is 11.0 Å². The smallest absolute Gasteiger partial charge is 0.184 e. The summed E-state index contributed by atoms with van der Waals surface area (Å²) in [6.07, 6.45) is 2.45. The minimum atomic E-state index is 0.664. The molecule has 4 nitrogen and oxygen atoms in total. The van der Waals surface area contributed by atoms with Gasteiger partial charge >= 0.3 is 0 Å². The van der Waals surface area contributed by atoms with Gasteiger partial charge in [0.05, 0.1) is 6.42 Å². The maximum Gasteiger partial charge on any atom is 0.184 e. The lowest BCUT2D eigenvalue weighted by atomic mass is 10.3. The van der Waals surface area contributed by atoms with Crippen molar-refractivity contribution < 1.29 is 0 Å². The summed E-state index contributed by atoms with van der Waals surface area (Å²) in [5.74, 6) is 1.71. The van der Waals surface area contributed by atoms with Crippen LogP contribution >= 0.6 is 23.1 Å². The fraction of sp³-hybridized carbons (Fsp3) is 0.154. The summed E-state index contributed by atoms with van der Waals surface area (Å²) in [6.45, 7) is 0. The number of nitrogens with zero attached hydrogens (tertiary/aromatic N) is 3. The van der Waals surface area contributed by atoms with Crippen LogP contribution in [0, 0.1) is 0 Å². The molecule has 0 aliphatic rings. The molecule has 3 aromatic rings. The van der Waals surface area contributed by atoms with Crippen LogP contribution in [-0.2, 0) is 12.2 Å². The van der Waals surface area contributed by atoms with Crippen molar-refractivity contribution >= 4 is 23.1 Å². The number of aromatic amines is 1. The van der Waals surface area contributed by atoms with Crippen molar-refractivity contribution in [2.45, 2.75) is 17.3 Å². The van der Waals surface area contributed by atoms with Crippen LogP contribution in [-0.4, -0.2) is 20.2 Å². The van der Waals surface area contributed by atoms with Gasteiger partial charge in [-0.05, 0) is 23.6 Å². The highest BCUT2D eigenvalue weighted by atomic mass is 32.2. The normalized spacial score (nSPS) is 10.7. The predicted octanol–water partition coefficient (Wildman–Crippen LogP) is 3.14. The molecule has 0 aliphatic carbocycles. The molecule has 0 spiro atoms. The third kappa shape index (κ3) is 3.42. The van der Waals surface area contributed by atoms with E-state index in [1.54, 1.807) is 29.3 Å². The fourth-order valence-corrected chi connectivity index (χ4v) is 3.22. The first-order valence-corrected chi connectivity index (χ1v) is 7.73. The summed E-state index contributed by atoms with van der Waals surface area (Å²) in [7, 11) is 0. The maximum atomic E-state index is 4.47. The molecule has 0 fully saturated rings. The Morgan fingerprint density at radius 2 is 2.21 bits per heavy atom. The minimum Gasteiger partial charge on any atom is -0.261 e. The number of pyridine rings is 1. The van der Waals surface area contributed by atoms with Gasteiger partial charge in [0, 0.05) is 22.5 Å². The molecule has 1 N–H and O–H groups in total. The molecule has 3 heterocycles.